The average molecular weight is 168 g/mol. The van der Waals surface area contributed by atoms with Crippen molar-refractivity contribution in [3.05, 3.63) is 12.7 Å². The molecule has 1 saturated carbocycles. The molecule has 0 aromatic heterocycles. The second-order valence-electron chi connectivity index (χ2n) is 4.42. The summed E-state index contributed by atoms with van der Waals surface area (Å²) >= 11 is 0. The van der Waals surface area contributed by atoms with Crippen molar-refractivity contribution >= 4 is 0 Å². The van der Waals surface area contributed by atoms with Crippen LogP contribution in [-0.2, 0) is 0 Å². The molecule has 0 spiro atoms. The molecule has 3 N–H and O–H groups in total. The molecule has 1 aliphatic rings. The quantitative estimate of drug-likeness (QED) is 0.383. The van der Waals surface area contributed by atoms with Crippen LogP contribution in [0.1, 0.15) is 33.1 Å². The summed E-state index contributed by atoms with van der Waals surface area (Å²) in [6.45, 7) is 8.44. The standard InChI is InChI=1S/C10H20N2/c1-4-9(12-11)8-6-5-7-10(8,2)3/h4,8-9,12H,1,5-7,11H2,2-3H3. The van der Waals surface area contributed by atoms with Crippen LogP contribution in [0.25, 0.3) is 0 Å². The molecule has 1 fully saturated rings. The fourth-order valence-electron chi connectivity index (χ4n) is 2.37. The molecule has 0 saturated heterocycles. The molecule has 2 atom stereocenters. The Bertz CT molecular complexity index is 163. The fourth-order valence-corrected chi connectivity index (χ4v) is 2.37. The van der Waals surface area contributed by atoms with Crippen LogP contribution >= 0.6 is 0 Å². The van der Waals surface area contributed by atoms with Crippen molar-refractivity contribution in [3.63, 3.8) is 0 Å². The molecule has 0 radical (unpaired) electrons. The Hall–Kier alpha value is -0.340. The summed E-state index contributed by atoms with van der Waals surface area (Å²) in [5, 5.41) is 0. The summed E-state index contributed by atoms with van der Waals surface area (Å²) in [5.74, 6) is 6.12. The van der Waals surface area contributed by atoms with Gasteiger partial charge in [0.25, 0.3) is 0 Å². The number of rotatable bonds is 3. The first-order chi connectivity index (χ1) is 5.61. The molecule has 1 aliphatic carbocycles. The zero-order valence-corrected chi connectivity index (χ0v) is 8.14. The zero-order chi connectivity index (χ0) is 9.19. The van der Waals surface area contributed by atoms with Crippen LogP contribution in [0.5, 0.6) is 0 Å². The minimum Gasteiger partial charge on any atom is -0.271 e. The number of hydrogen-bond donors (Lipinski definition) is 2. The van der Waals surface area contributed by atoms with Gasteiger partial charge in [-0.25, -0.2) is 0 Å². The van der Waals surface area contributed by atoms with Crippen molar-refractivity contribution in [1.82, 2.24) is 5.43 Å². The predicted octanol–water partition coefficient (Wildman–Crippen LogP) is 1.83. The summed E-state index contributed by atoms with van der Waals surface area (Å²) in [6, 6.07) is 0.280. The maximum Gasteiger partial charge on any atom is 0.0421 e. The number of nitrogens with two attached hydrogens (primary N) is 1. The minimum atomic E-state index is 0.280. The first-order valence-electron chi connectivity index (χ1n) is 4.70. The Balaban J connectivity index is 2.66. The Labute approximate surface area is 75.2 Å². The van der Waals surface area contributed by atoms with E-state index >= 15 is 0 Å². The van der Waals surface area contributed by atoms with Crippen LogP contribution in [0.2, 0.25) is 0 Å². The zero-order valence-electron chi connectivity index (χ0n) is 8.14. The molecule has 0 amide bonds. The molecule has 0 aliphatic heterocycles. The second-order valence-corrected chi connectivity index (χ2v) is 4.42. The molecule has 0 bridgehead atoms. The molecule has 1 rings (SSSR count). The monoisotopic (exact) mass is 168 g/mol. The molecule has 2 heteroatoms. The molecular formula is C10H20N2. The van der Waals surface area contributed by atoms with Gasteiger partial charge in [0.05, 0.1) is 0 Å². The van der Waals surface area contributed by atoms with Crippen molar-refractivity contribution in [3.8, 4) is 0 Å². The van der Waals surface area contributed by atoms with E-state index in [4.69, 9.17) is 5.84 Å². The minimum absolute atomic E-state index is 0.280. The van der Waals surface area contributed by atoms with E-state index in [1.54, 1.807) is 0 Å². The SMILES string of the molecule is C=CC(NN)C1CCCC1(C)C. The van der Waals surface area contributed by atoms with Gasteiger partial charge in [0, 0.05) is 6.04 Å². The third-order valence-corrected chi connectivity index (χ3v) is 3.22. The van der Waals surface area contributed by atoms with Crippen molar-refractivity contribution in [1.29, 1.82) is 0 Å². The summed E-state index contributed by atoms with van der Waals surface area (Å²) in [5.41, 5.74) is 3.25. The van der Waals surface area contributed by atoms with Gasteiger partial charge < -0.3 is 0 Å². The average Bonchev–Trinajstić information content (AvgIpc) is 2.34. The maximum atomic E-state index is 5.46. The first-order valence-corrected chi connectivity index (χ1v) is 4.70. The third-order valence-electron chi connectivity index (χ3n) is 3.22. The summed E-state index contributed by atoms with van der Waals surface area (Å²) in [4.78, 5) is 0. The highest BCUT2D eigenvalue weighted by Gasteiger charge is 2.37. The van der Waals surface area contributed by atoms with Crippen molar-refractivity contribution < 1.29 is 0 Å². The molecule has 2 nitrogen and oxygen atoms in total. The number of nitrogens with one attached hydrogen (secondary N) is 1. The highest BCUT2D eigenvalue weighted by molar-refractivity contribution is 4.98. The highest BCUT2D eigenvalue weighted by atomic mass is 15.2. The van der Waals surface area contributed by atoms with Gasteiger partial charge in [0.15, 0.2) is 0 Å². The van der Waals surface area contributed by atoms with Crippen LogP contribution in [-0.4, -0.2) is 6.04 Å². The molecule has 0 heterocycles. The molecule has 0 aromatic carbocycles. The lowest BCUT2D eigenvalue weighted by Gasteiger charge is -2.31. The molecular weight excluding hydrogens is 148 g/mol. The van der Waals surface area contributed by atoms with Gasteiger partial charge in [0.1, 0.15) is 0 Å². The smallest absolute Gasteiger partial charge is 0.0421 e. The first kappa shape index (κ1) is 9.75. The van der Waals surface area contributed by atoms with E-state index in [0.717, 1.165) is 0 Å². The van der Waals surface area contributed by atoms with Gasteiger partial charge in [-0.05, 0) is 24.2 Å². The molecule has 70 valence electrons. The Morgan fingerprint density at radius 2 is 2.33 bits per heavy atom. The topological polar surface area (TPSA) is 38.0 Å². The van der Waals surface area contributed by atoms with Crippen LogP contribution in [0, 0.1) is 11.3 Å². The van der Waals surface area contributed by atoms with Gasteiger partial charge >= 0.3 is 0 Å². The lowest BCUT2D eigenvalue weighted by atomic mass is 9.78. The Kier molecular flexibility index (Phi) is 2.91. The normalized spacial score (nSPS) is 30.1. The lowest BCUT2D eigenvalue weighted by molar-refractivity contribution is 0.221. The van der Waals surface area contributed by atoms with Gasteiger partial charge in [-0.1, -0.05) is 26.3 Å². The van der Waals surface area contributed by atoms with Gasteiger partial charge in [-0.3, -0.25) is 11.3 Å². The van der Waals surface area contributed by atoms with E-state index in [1.807, 2.05) is 6.08 Å². The summed E-state index contributed by atoms with van der Waals surface area (Å²) in [7, 11) is 0. The van der Waals surface area contributed by atoms with Crippen molar-refractivity contribution in [2.24, 2.45) is 17.2 Å². The predicted molar refractivity (Wildman–Crippen MR) is 52.4 cm³/mol. The Morgan fingerprint density at radius 3 is 2.67 bits per heavy atom. The molecule has 2 unspecified atom stereocenters. The molecule has 12 heavy (non-hydrogen) atoms. The van der Waals surface area contributed by atoms with E-state index < -0.39 is 0 Å². The third kappa shape index (κ3) is 1.70. The highest BCUT2D eigenvalue weighted by Crippen LogP contribution is 2.44. The fraction of sp³-hybridized carbons (Fsp3) is 0.800. The number of hydrogen-bond acceptors (Lipinski definition) is 2. The summed E-state index contributed by atoms with van der Waals surface area (Å²) < 4.78 is 0. The largest absolute Gasteiger partial charge is 0.271 e. The van der Waals surface area contributed by atoms with Crippen LogP contribution in [0.4, 0.5) is 0 Å². The van der Waals surface area contributed by atoms with E-state index in [0.29, 0.717) is 11.3 Å². The van der Waals surface area contributed by atoms with E-state index in [9.17, 15) is 0 Å². The van der Waals surface area contributed by atoms with Crippen LogP contribution in [0.15, 0.2) is 12.7 Å². The van der Waals surface area contributed by atoms with Crippen LogP contribution < -0.4 is 11.3 Å². The van der Waals surface area contributed by atoms with Crippen molar-refractivity contribution in [2.45, 2.75) is 39.2 Å². The summed E-state index contributed by atoms with van der Waals surface area (Å²) in [6.07, 6.45) is 5.83. The van der Waals surface area contributed by atoms with E-state index in [1.165, 1.54) is 19.3 Å². The number of hydrazine groups is 1. The van der Waals surface area contributed by atoms with Gasteiger partial charge in [-0.2, -0.15) is 0 Å². The van der Waals surface area contributed by atoms with Crippen molar-refractivity contribution in [2.75, 3.05) is 0 Å². The van der Waals surface area contributed by atoms with Crippen LogP contribution in [0.3, 0.4) is 0 Å². The second kappa shape index (κ2) is 3.58. The van der Waals surface area contributed by atoms with E-state index in [2.05, 4.69) is 25.9 Å². The van der Waals surface area contributed by atoms with Gasteiger partial charge in [-0.15, -0.1) is 6.58 Å². The Morgan fingerprint density at radius 1 is 1.67 bits per heavy atom. The van der Waals surface area contributed by atoms with E-state index in [-0.39, 0.29) is 6.04 Å². The maximum absolute atomic E-state index is 5.46. The molecule has 0 aromatic rings. The van der Waals surface area contributed by atoms with Gasteiger partial charge in [0.2, 0.25) is 0 Å². The lowest BCUT2D eigenvalue weighted by Crippen LogP contribution is -2.42.